The van der Waals surface area contributed by atoms with Gasteiger partial charge in [0.15, 0.2) is 5.79 Å². The molecule has 0 amide bonds. The highest BCUT2D eigenvalue weighted by Gasteiger charge is 2.57. The normalized spacial score (nSPS) is 36.3. The number of fused-ring (bicyclic) bond motifs is 2. The van der Waals surface area contributed by atoms with Crippen LogP contribution in [0.2, 0.25) is 0 Å². The van der Waals surface area contributed by atoms with Crippen molar-refractivity contribution in [2.75, 3.05) is 14.2 Å². The van der Waals surface area contributed by atoms with E-state index in [-0.39, 0.29) is 17.6 Å². The Morgan fingerprint density at radius 2 is 2.08 bits per heavy atom. The van der Waals surface area contributed by atoms with Gasteiger partial charge in [0, 0.05) is 26.6 Å². The van der Waals surface area contributed by atoms with E-state index < -0.39 is 5.79 Å². The highest BCUT2D eigenvalue weighted by molar-refractivity contribution is 5.88. The number of Topliss-reactive ketones (excluding diaryl/α,β-unsaturated/α-hetero) is 1. The molecule has 0 aromatic rings. The van der Waals surface area contributed by atoms with Crippen molar-refractivity contribution in [3.8, 4) is 0 Å². The summed E-state index contributed by atoms with van der Waals surface area (Å²) in [5.74, 6) is -0.523. The van der Waals surface area contributed by atoms with Gasteiger partial charge in [0.2, 0.25) is 0 Å². The standard InChI is InChI=1S/C9H12O3/c1-11-9(12-2)6-3-4-7(9)8(10)5-6/h3-4,6-7H,5H2,1-2H3/t6-,7+/m0/s1. The molecule has 0 unspecified atom stereocenters. The first-order valence-electron chi connectivity index (χ1n) is 4.06. The quantitative estimate of drug-likeness (QED) is 0.451. The van der Waals surface area contributed by atoms with E-state index >= 15 is 0 Å². The van der Waals surface area contributed by atoms with Crippen LogP contribution in [-0.4, -0.2) is 25.8 Å². The molecule has 2 aliphatic carbocycles. The van der Waals surface area contributed by atoms with Gasteiger partial charge in [0.05, 0.1) is 5.92 Å². The van der Waals surface area contributed by atoms with Gasteiger partial charge in [-0.2, -0.15) is 0 Å². The number of hydrogen-bond donors (Lipinski definition) is 0. The molecule has 0 saturated heterocycles. The lowest BCUT2D eigenvalue weighted by Gasteiger charge is -2.30. The predicted octanol–water partition coefficient (Wildman–Crippen LogP) is 0.750. The fourth-order valence-electron chi connectivity index (χ4n) is 2.27. The molecule has 3 heteroatoms. The molecule has 3 nitrogen and oxygen atoms in total. The third-order valence-electron chi connectivity index (χ3n) is 2.89. The Morgan fingerprint density at radius 1 is 1.42 bits per heavy atom. The zero-order chi connectivity index (χ0) is 8.77. The van der Waals surface area contributed by atoms with Gasteiger partial charge in [0.25, 0.3) is 0 Å². The minimum atomic E-state index is -0.683. The van der Waals surface area contributed by atoms with Crippen LogP contribution in [0.3, 0.4) is 0 Å². The molecular weight excluding hydrogens is 156 g/mol. The molecule has 1 fully saturated rings. The maximum atomic E-state index is 11.4. The average Bonchev–Trinajstić information content (AvgIpc) is 2.56. The molecule has 0 aliphatic heterocycles. The highest BCUT2D eigenvalue weighted by Crippen LogP contribution is 2.47. The Balaban J connectivity index is 2.36. The van der Waals surface area contributed by atoms with Crippen molar-refractivity contribution in [2.45, 2.75) is 12.2 Å². The van der Waals surface area contributed by atoms with E-state index in [1.165, 1.54) is 0 Å². The van der Waals surface area contributed by atoms with E-state index in [0.717, 1.165) is 0 Å². The molecule has 66 valence electrons. The summed E-state index contributed by atoms with van der Waals surface area (Å²) < 4.78 is 10.6. The molecule has 0 aromatic heterocycles. The van der Waals surface area contributed by atoms with Gasteiger partial charge in [-0.25, -0.2) is 0 Å². The molecule has 0 spiro atoms. The summed E-state index contributed by atoms with van der Waals surface area (Å²) in [7, 11) is 3.18. The molecule has 12 heavy (non-hydrogen) atoms. The Bertz CT molecular complexity index is 240. The summed E-state index contributed by atoms with van der Waals surface area (Å²) in [5.41, 5.74) is 0. The van der Waals surface area contributed by atoms with Gasteiger partial charge in [-0.1, -0.05) is 12.2 Å². The first kappa shape index (κ1) is 7.95. The van der Waals surface area contributed by atoms with E-state index in [0.29, 0.717) is 6.42 Å². The summed E-state index contributed by atoms with van der Waals surface area (Å²) in [4.78, 5) is 11.4. The van der Waals surface area contributed by atoms with E-state index in [4.69, 9.17) is 9.47 Å². The van der Waals surface area contributed by atoms with Gasteiger partial charge in [-0.15, -0.1) is 0 Å². The molecule has 2 rings (SSSR count). The van der Waals surface area contributed by atoms with Crippen molar-refractivity contribution >= 4 is 5.78 Å². The third kappa shape index (κ3) is 0.704. The SMILES string of the molecule is COC1(OC)[C@@H]2C=C[C@H]1CC2=O. The number of methoxy groups -OCH3 is 2. The minimum Gasteiger partial charge on any atom is -0.352 e. The van der Waals surface area contributed by atoms with Gasteiger partial charge < -0.3 is 9.47 Å². The molecule has 2 aliphatic rings. The second kappa shape index (κ2) is 2.41. The minimum absolute atomic E-state index is 0.116. The van der Waals surface area contributed by atoms with E-state index in [2.05, 4.69) is 0 Å². The third-order valence-corrected chi connectivity index (χ3v) is 2.89. The average molecular weight is 168 g/mol. The fourth-order valence-corrected chi connectivity index (χ4v) is 2.27. The van der Waals surface area contributed by atoms with Crippen LogP contribution in [0.5, 0.6) is 0 Å². The van der Waals surface area contributed by atoms with Crippen LogP contribution in [0, 0.1) is 11.8 Å². The van der Waals surface area contributed by atoms with E-state index in [9.17, 15) is 4.79 Å². The molecule has 0 N–H and O–H groups in total. The van der Waals surface area contributed by atoms with E-state index in [1.54, 1.807) is 14.2 Å². The number of ketones is 1. The van der Waals surface area contributed by atoms with Crippen LogP contribution in [0.1, 0.15) is 6.42 Å². The number of ether oxygens (including phenoxy) is 2. The number of carbonyl (C=O) groups excluding carboxylic acids is 1. The largest absolute Gasteiger partial charge is 0.352 e. The molecule has 0 heterocycles. The molecule has 0 radical (unpaired) electrons. The lowest BCUT2D eigenvalue weighted by Crippen LogP contribution is -2.40. The summed E-state index contributed by atoms with van der Waals surface area (Å²) >= 11 is 0. The van der Waals surface area contributed by atoms with Crippen molar-refractivity contribution in [1.82, 2.24) is 0 Å². The van der Waals surface area contributed by atoms with Crippen molar-refractivity contribution in [3.63, 3.8) is 0 Å². The second-order valence-electron chi connectivity index (χ2n) is 3.27. The van der Waals surface area contributed by atoms with E-state index in [1.807, 2.05) is 12.2 Å². The van der Waals surface area contributed by atoms with Crippen molar-refractivity contribution < 1.29 is 14.3 Å². The monoisotopic (exact) mass is 168 g/mol. The van der Waals surface area contributed by atoms with Crippen LogP contribution >= 0.6 is 0 Å². The van der Waals surface area contributed by atoms with Gasteiger partial charge in [-0.05, 0) is 0 Å². The summed E-state index contributed by atoms with van der Waals surface area (Å²) in [6.07, 6.45) is 4.46. The fraction of sp³-hybridized carbons (Fsp3) is 0.667. The topological polar surface area (TPSA) is 35.5 Å². The Kier molecular flexibility index (Phi) is 1.59. The number of hydrogen-bond acceptors (Lipinski definition) is 3. The highest BCUT2D eigenvalue weighted by atomic mass is 16.7. The Labute approximate surface area is 71.3 Å². The van der Waals surface area contributed by atoms with Crippen molar-refractivity contribution in [2.24, 2.45) is 11.8 Å². The van der Waals surface area contributed by atoms with Crippen molar-refractivity contribution in [1.29, 1.82) is 0 Å². The Morgan fingerprint density at radius 3 is 2.33 bits per heavy atom. The number of carbonyl (C=O) groups is 1. The first-order valence-corrected chi connectivity index (χ1v) is 4.06. The number of rotatable bonds is 2. The molecule has 1 saturated carbocycles. The van der Waals surface area contributed by atoms with Crippen LogP contribution in [0.25, 0.3) is 0 Å². The second-order valence-corrected chi connectivity index (χ2v) is 3.27. The maximum Gasteiger partial charge on any atom is 0.187 e. The smallest absolute Gasteiger partial charge is 0.187 e. The van der Waals surface area contributed by atoms with Crippen LogP contribution < -0.4 is 0 Å². The lowest BCUT2D eigenvalue weighted by molar-refractivity contribution is -0.228. The molecular formula is C9H12O3. The first-order chi connectivity index (χ1) is 5.74. The van der Waals surface area contributed by atoms with Gasteiger partial charge in [-0.3, -0.25) is 4.79 Å². The molecule has 2 atom stereocenters. The molecule has 0 aromatic carbocycles. The van der Waals surface area contributed by atoms with Crippen LogP contribution in [0.15, 0.2) is 12.2 Å². The predicted molar refractivity (Wildman–Crippen MR) is 42.5 cm³/mol. The van der Waals surface area contributed by atoms with Crippen molar-refractivity contribution in [3.05, 3.63) is 12.2 Å². The maximum absolute atomic E-state index is 11.4. The molecule has 2 bridgehead atoms. The van der Waals surface area contributed by atoms with Crippen LogP contribution in [0.4, 0.5) is 0 Å². The van der Waals surface area contributed by atoms with Gasteiger partial charge >= 0.3 is 0 Å². The summed E-state index contributed by atoms with van der Waals surface area (Å²) in [6, 6.07) is 0. The Hall–Kier alpha value is -0.670. The lowest BCUT2D eigenvalue weighted by atomic mass is 10.0. The van der Waals surface area contributed by atoms with Crippen LogP contribution in [-0.2, 0) is 14.3 Å². The zero-order valence-electron chi connectivity index (χ0n) is 7.24. The summed E-state index contributed by atoms with van der Waals surface area (Å²) in [5, 5.41) is 0. The van der Waals surface area contributed by atoms with Gasteiger partial charge in [0.1, 0.15) is 5.78 Å². The summed E-state index contributed by atoms with van der Waals surface area (Å²) in [6.45, 7) is 0. The zero-order valence-corrected chi connectivity index (χ0v) is 7.24.